The summed E-state index contributed by atoms with van der Waals surface area (Å²) in [6.45, 7) is 7.62. The molecule has 1 aliphatic heterocycles. The van der Waals surface area contributed by atoms with E-state index in [1.54, 1.807) is 0 Å². The lowest BCUT2D eigenvalue weighted by Gasteiger charge is -2.37. The van der Waals surface area contributed by atoms with Crippen LogP contribution in [0.2, 0.25) is 0 Å². The average molecular weight is 276 g/mol. The van der Waals surface area contributed by atoms with Crippen molar-refractivity contribution >= 4 is 23.0 Å². The van der Waals surface area contributed by atoms with E-state index >= 15 is 0 Å². The molecule has 0 radical (unpaired) electrons. The molecule has 0 bridgehead atoms. The lowest BCUT2D eigenvalue weighted by atomic mass is 10.0. The Balaban J connectivity index is 2.05. The third-order valence-corrected chi connectivity index (χ3v) is 4.45. The van der Waals surface area contributed by atoms with Gasteiger partial charge in [-0.15, -0.1) is 0 Å². The summed E-state index contributed by atoms with van der Waals surface area (Å²) in [5, 5.41) is 4.29. The van der Waals surface area contributed by atoms with Gasteiger partial charge in [-0.1, -0.05) is 13.0 Å². The number of rotatable bonds is 2. The molecule has 0 saturated carbocycles. The van der Waals surface area contributed by atoms with Gasteiger partial charge in [0.15, 0.2) is 5.11 Å². The predicted octanol–water partition coefficient (Wildman–Crippen LogP) is 4.26. The zero-order valence-electron chi connectivity index (χ0n) is 12.2. The summed E-state index contributed by atoms with van der Waals surface area (Å²) in [7, 11) is 0. The molecule has 1 atom stereocenters. The predicted molar refractivity (Wildman–Crippen MR) is 86.8 cm³/mol. The molecule has 1 fully saturated rings. The van der Waals surface area contributed by atoms with Crippen LogP contribution in [-0.2, 0) is 0 Å². The summed E-state index contributed by atoms with van der Waals surface area (Å²) in [5.41, 5.74) is 3.73. The summed E-state index contributed by atoms with van der Waals surface area (Å²) in [6, 6.07) is 7.04. The van der Waals surface area contributed by atoms with E-state index in [2.05, 4.69) is 49.2 Å². The molecular weight excluding hydrogens is 252 g/mol. The third kappa shape index (κ3) is 3.47. The Labute approximate surface area is 122 Å². The second-order valence-electron chi connectivity index (χ2n) is 5.48. The molecule has 0 unspecified atom stereocenters. The van der Waals surface area contributed by atoms with E-state index in [0.29, 0.717) is 6.04 Å². The number of aryl methyl sites for hydroxylation is 2. The van der Waals surface area contributed by atoms with Crippen LogP contribution in [0.25, 0.3) is 0 Å². The quantitative estimate of drug-likeness (QED) is 0.812. The minimum Gasteiger partial charge on any atom is -0.346 e. The molecule has 0 spiro atoms. The molecule has 1 heterocycles. The molecule has 2 nitrogen and oxygen atoms in total. The Hall–Kier alpha value is -1.09. The highest BCUT2D eigenvalue weighted by Crippen LogP contribution is 2.21. The number of hydrogen-bond donors (Lipinski definition) is 1. The van der Waals surface area contributed by atoms with Crippen molar-refractivity contribution < 1.29 is 0 Å². The number of hydrogen-bond acceptors (Lipinski definition) is 1. The van der Waals surface area contributed by atoms with Crippen molar-refractivity contribution in [3.05, 3.63) is 29.3 Å². The van der Waals surface area contributed by atoms with Crippen molar-refractivity contribution in [3.8, 4) is 0 Å². The average Bonchev–Trinajstić information content (AvgIpc) is 2.43. The number of piperidine rings is 1. The number of benzene rings is 1. The molecule has 104 valence electrons. The van der Waals surface area contributed by atoms with Crippen LogP contribution in [0.1, 0.15) is 43.7 Å². The SMILES string of the molecule is CC[C@H]1CCCCN1C(=S)Nc1ccc(C)c(C)c1. The second kappa shape index (κ2) is 6.38. The standard InChI is InChI=1S/C16H24N2S/c1-4-15-7-5-6-10-18(15)16(19)17-14-9-8-12(2)13(3)11-14/h8-9,11,15H,4-7,10H2,1-3H3,(H,17,19)/t15-/m0/s1. The highest BCUT2D eigenvalue weighted by molar-refractivity contribution is 7.80. The topological polar surface area (TPSA) is 15.3 Å². The maximum atomic E-state index is 5.59. The molecule has 0 aromatic heterocycles. The minimum absolute atomic E-state index is 0.611. The Morgan fingerprint density at radius 1 is 1.32 bits per heavy atom. The van der Waals surface area contributed by atoms with Gasteiger partial charge in [0.1, 0.15) is 0 Å². The van der Waals surface area contributed by atoms with Crippen molar-refractivity contribution in [3.63, 3.8) is 0 Å². The number of nitrogens with one attached hydrogen (secondary N) is 1. The molecule has 1 N–H and O–H groups in total. The van der Waals surface area contributed by atoms with E-state index < -0.39 is 0 Å². The van der Waals surface area contributed by atoms with E-state index in [1.165, 1.54) is 36.8 Å². The summed E-state index contributed by atoms with van der Waals surface area (Å²) < 4.78 is 0. The van der Waals surface area contributed by atoms with Gasteiger partial charge in [-0.25, -0.2) is 0 Å². The van der Waals surface area contributed by atoms with Crippen LogP contribution in [0.15, 0.2) is 18.2 Å². The second-order valence-corrected chi connectivity index (χ2v) is 5.87. The highest BCUT2D eigenvalue weighted by atomic mass is 32.1. The minimum atomic E-state index is 0.611. The maximum Gasteiger partial charge on any atom is 0.173 e. The largest absolute Gasteiger partial charge is 0.346 e. The summed E-state index contributed by atoms with van der Waals surface area (Å²) >= 11 is 5.59. The molecule has 2 rings (SSSR count). The first kappa shape index (κ1) is 14.3. The first-order valence-electron chi connectivity index (χ1n) is 7.26. The van der Waals surface area contributed by atoms with Crippen molar-refractivity contribution in [2.45, 2.75) is 52.5 Å². The van der Waals surface area contributed by atoms with Crippen molar-refractivity contribution in [1.82, 2.24) is 4.90 Å². The van der Waals surface area contributed by atoms with Gasteiger partial charge in [0, 0.05) is 18.3 Å². The van der Waals surface area contributed by atoms with Crippen molar-refractivity contribution in [1.29, 1.82) is 0 Å². The Morgan fingerprint density at radius 2 is 2.11 bits per heavy atom. The molecule has 1 aromatic rings. The van der Waals surface area contributed by atoms with Crippen LogP contribution in [0, 0.1) is 13.8 Å². The van der Waals surface area contributed by atoms with Crippen molar-refractivity contribution in [2.24, 2.45) is 0 Å². The molecule has 19 heavy (non-hydrogen) atoms. The van der Waals surface area contributed by atoms with Gasteiger partial charge in [0.05, 0.1) is 0 Å². The van der Waals surface area contributed by atoms with Crippen LogP contribution < -0.4 is 5.32 Å². The number of likely N-dealkylation sites (tertiary alicyclic amines) is 1. The van der Waals surface area contributed by atoms with Gasteiger partial charge in [-0.3, -0.25) is 0 Å². The number of nitrogens with zero attached hydrogens (tertiary/aromatic N) is 1. The normalized spacial score (nSPS) is 19.3. The molecule has 0 aliphatic carbocycles. The Kier molecular flexibility index (Phi) is 4.81. The fourth-order valence-electron chi connectivity index (χ4n) is 2.71. The van der Waals surface area contributed by atoms with Crippen LogP contribution in [0.5, 0.6) is 0 Å². The number of anilines is 1. The van der Waals surface area contributed by atoms with Crippen molar-refractivity contribution in [2.75, 3.05) is 11.9 Å². The van der Waals surface area contributed by atoms with Crippen LogP contribution in [-0.4, -0.2) is 22.6 Å². The summed E-state index contributed by atoms with van der Waals surface area (Å²) in [6.07, 6.45) is 5.03. The van der Waals surface area contributed by atoms with E-state index in [4.69, 9.17) is 12.2 Å². The smallest absolute Gasteiger partial charge is 0.173 e. The van der Waals surface area contributed by atoms with Gasteiger partial charge < -0.3 is 10.2 Å². The van der Waals surface area contributed by atoms with Gasteiger partial charge in [-0.2, -0.15) is 0 Å². The van der Waals surface area contributed by atoms with E-state index in [9.17, 15) is 0 Å². The molecular formula is C16H24N2S. The lowest BCUT2D eigenvalue weighted by molar-refractivity contribution is 0.239. The van der Waals surface area contributed by atoms with Gasteiger partial charge in [0.25, 0.3) is 0 Å². The van der Waals surface area contributed by atoms with Gasteiger partial charge in [0.2, 0.25) is 0 Å². The fourth-order valence-corrected chi connectivity index (χ4v) is 3.07. The van der Waals surface area contributed by atoms with E-state index in [-0.39, 0.29) is 0 Å². The van der Waals surface area contributed by atoms with Crippen LogP contribution in [0.3, 0.4) is 0 Å². The molecule has 1 aliphatic rings. The molecule has 3 heteroatoms. The summed E-state index contributed by atoms with van der Waals surface area (Å²) in [5.74, 6) is 0. The highest BCUT2D eigenvalue weighted by Gasteiger charge is 2.22. The lowest BCUT2D eigenvalue weighted by Crippen LogP contribution is -2.45. The maximum absolute atomic E-state index is 5.59. The summed E-state index contributed by atoms with van der Waals surface area (Å²) in [4.78, 5) is 2.37. The Morgan fingerprint density at radius 3 is 2.79 bits per heavy atom. The van der Waals surface area contributed by atoms with Crippen LogP contribution >= 0.6 is 12.2 Å². The van der Waals surface area contributed by atoms with Gasteiger partial charge >= 0.3 is 0 Å². The first-order valence-corrected chi connectivity index (χ1v) is 7.67. The van der Waals surface area contributed by atoms with E-state index in [0.717, 1.165) is 17.3 Å². The molecule has 1 aromatic carbocycles. The number of thiocarbonyl (C=S) groups is 1. The van der Waals surface area contributed by atoms with Crippen LogP contribution in [0.4, 0.5) is 5.69 Å². The zero-order chi connectivity index (χ0) is 13.8. The fraction of sp³-hybridized carbons (Fsp3) is 0.562. The third-order valence-electron chi connectivity index (χ3n) is 4.12. The van der Waals surface area contributed by atoms with E-state index in [1.807, 2.05) is 0 Å². The Bertz CT molecular complexity index is 456. The van der Waals surface area contributed by atoms with Gasteiger partial charge in [-0.05, 0) is 75.0 Å². The molecule has 0 amide bonds. The zero-order valence-corrected chi connectivity index (χ0v) is 13.0. The first-order chi connectivity index (χ1) is 9.11. The monoisotopic (exact) mass is 276 g/mol. The molecule has 1 saturated heterocycles.